The van der Waals surface area contributed by atoms with Gasteiger partial charge in [-0.3, -0.25) is 4.79 Å². The van der Waals surface area contributed by atoms with E-state index in [2.05, 4.69) is 72.3 Å². The first kappa shape index (κ1) is 16.1. The van der Waals surface area contributed by atoms with Crippen LogP contribution in [0.3, 0.4) is 0 Å². The van der Waals surface area contributed by atoms with E-state index in [1.54, 1.807) is 0 Å². The fourth-order valence-electron chi connectivity index (χ4n) is 1.34. The highest BCUT2D eigenvalue weighted by Crippen LogP contribution is 2.34. The first-order chi connectivity index (χ1) is 8.40. The molecular formula is C12H15Br3N2O. The van der Waals surface area contributed by atoms with E-state index in [0.717, 1.165) is 19.1 Å². The molecule has 0 radical (unpaired) electrons. The summed E-state index contributed by atoms with van der Waals surface area (Å²) >= 11 is 10.2. The minimum atomic E-state index is -0.00753. The summed E-state index contributed by atoms with van der Waals surface area (Å²) in [7, 11) is 0. The van der Waals surface area contributed by atoms with Crippen molar-refractivity contribution in [3.8, 4) is 0 Å². The molecule has 18 heavy (non-hydrogen) atoms. The Morgan fingerprint density at radius 1 is 1.22 bits per heavy atom. The quantitative estimate of drug-likeness (QED) is 0.713. The minimum Gasteiger partial charge on any atom is -0.324 e. The maximum Gasteiger partial charge on any atom is 0.225 e. The van der Waals surface area contributed by atoms with Crippen molar-refractivity contribution in [3.63, 3.8) is 0 Å². The number of amides is 1. The number of carbonyl (C=O) groups excluding carboxylic acids is 1. The molecule has 1 aromatic carbocycles. The van der Waals surface area contributed by atoms with Crippen LogP contribution in [0.5, 0.6) is 0 Å². The van der Waals surface area contributed by atoms with E-state index in [9.17, 15) is 4.79 Å². The third-order valence-electron chi connectivity index (χ3n) is 2.18. The van der Waals surface area contributed by atoms with Crippen LogP contribution >= 0.6 is 47.8 Å². The maximum absolute atomic E-state index is 11.8. The average Bonchev–Trinajstić information content (AvgIpc) is 2.22. The van der Waals surface area contributed by atoms with Gasteiger partial charge in [0.15, 0.2) is 0 Å². The van der Waals surface area contributed by atoms with E-state index in [0.29, 0.717) is 19.0 Å². The molecule has 0 aliphatic carbocycles. The molecule has 1 rings (SSSR count). The second-order valence-corrected chi connectivity index (χ2v) is 6.78. The van der Waals surface area contributed by atoms with Gasteiger partial charge in [0.1, 0.15) is 0 Å². The van der Waals surface area contributed by atoms with Gasteiger partial charge >= 0.3 is 0 Å². The summed E-state index contributed by atoms with van der Waals surface area (Å²) in [6.45, 7) is 4.79. The lowest BCUT2D eigenvalue weighted by Gasteiger charge is -2.11. The number of nitrogens with one attached hydrogen (secondary N) is 2. The number of benzene rings is 1. The zero-order valence-electron chi connectivity index (χ0n) is 10.2. The summed E-state index contributed by atoms with van der Waals surface area (Å²) in [6.07, 6.45) is 0.452. The Morgan fingerprint density at radius 3 is 2.28 bits per heavy atom. The number of carbonyl (C=O) groups is 1. The van der Waals surface area contributed by atoms with Crippen LogP contribution in [0.2, 0.25) is 0 Å². The average molecular weight is 443 g/mol. The largest absolute Gasteiger partial charge is 0.324 e. The van der Waals surface area contributed by atoms with Gasteiger partial charge in [-0.1, -0.05) is 29.8 Å². The molecule has 0 aliphatic heterocycles. The number of hydrogen-bond acceptors (Lipinski definition) is 2. The summed E-state index contributed by atoms with van der Waals surface area (Å²) < 4.78 is 2.63. The van der Waals surface area contributed by atoms with Crippen LogP contribution in [-0.2, 0) is 4.79 Å². The molecule has 3 nitrogen and oxygen atoms in total. The smallest absolute Gasteiger partial charge is 0.225 e. The van der Waals surface area contributed by atoms with Crippen LogP contribution in [0, 0.1) is 0 Å². The second-order valence-electron chi connectivity index (χ2n) is 4.15. The molecule has 0 bridgehead atoms. The van der Waals surface area contributed by atoms with E-state index in [-0.39, 0.29) is 5.91 Å². The van der Waals surface area contributed by atoms with Crippen molar-refractivity contribution in [2.45, 2.75) is 26.3 Å². The summed E-state index contributed by atoms with van der Waals surface area (Å²) in [6, 6.07) is 4.18. The van der Waals surface area contributed by atoms with Gasteiger partial charge in [0.25, 0.3) is 0 Å². The Bertz CT molecular complexity index is 412. The summed E-state index contributed by atoms with van der Waals surface area (Å²) in [5, 5.41) is 6.09. The third kappa shape index (κ3) is 5.38. The summed E-state index contributed by atoms with van der Waals surface area (Å²) in [5.74, 6) is -0.00753. The number of anilines is 1. The predicted molar refractivity (Wildman–Crippen MR) is 85.9 cm³/mol. The zero-order valence-corrected chi connectivity index (χ0v) is 14.9. The van der Waals surface area contributed by atoms with Gasteiger partial charge < -0.3 is 10.6 Å². The molecule has 0 aliphatic rings. The third-order valence-corrected chi connectivity index (χ3v) is 3.88. The Morgan fingerprint density at radius 2 is 1.78 bits per heavy atom. The lowest BCUT2D eigenvalue weighted by atomic mass is 10.3. The first-order valence-electron chi connectivity index (χ1n) is 5.58. The van der Waals surface area contributed by atoms with Crippen LogP contribution < -0.4 is 10.6 Å². The fourth-order valence-corrected chi connectivity index (χ4v) is 3.79. The molecule has 6 heteroatoms. The van der Waals surface area contributed by atoms with Gasteiger partial charge in [0.05, 0.1) is 5.69 Å². The Kier molecular flexibility index (Phi) is 6.84. The van der Waals surface area contributed by atoms with Gasteiger partial charge in [-0.15, -0.1) is 0 Å². The molecule has 0 spiro atoms. The van der Waals surface area contributed by atoms with E-state index in [1.165, 1.54) is 0 Å². The SMILES string of the molecule is CC(C)NCCC(=O)Nc1c(Br)cc(Br)cc1Br. The predicted octanol–water partition coefficient (Wildman–Crippen LogP) is 4.30. The van der Waals surface area contributed by atoms with E-state index in [4.69, 9.17) is 0 Å². The standard InChI is InChI=1S/C12H15Br3N2O/c1-7(2)16-4-3-11(18)17-12-9(14)5-8(13)6-10(12)15/h5-7,16H,3-4H2,1-2H3,(H,17,18). The Hall–Kier alpha value is 0.0900. The van der Waals surface area contributed by atoms with Crippen molar-refractivity contribution < 1.29 is 4.79 Å². The van der Waals surface area contributed by atoms with Crippen LogP contribution in [0.1, 0.15) is 20.3 Å². The van der Waals surface area contributed by atoms with E-state index in [1.807, 2.05) is 12.1 Å². The first-order valence-corrected chi connectivity index (χ1v) is 7.96. The second kappa shape index (κ2) is 7.62. The zero-order chi connectivity index (χ0) is 13.7. The molecule has 1 aromatic rings. The van der Waals surface area contributed by atoms with E-state index >= 15 is 0 Å². The van der Waals surface area contributed by atoms with Crippen molar-refractivity contribution in [1.29, 1.82) is 0 Å². The minimum absolute atomic E-state index is 0.00753. The lowest BCUT2D eigenvalue weighted by Crippen LogP contribution is -2.27. The number of halogens is 3. The van der Waals surface area contributed by atoms with Crippen LogP contribution in [0.4, 0.5) is 5.69 Å². The van der Waals surface area contributed by atoms with E-state index < -0.39 is 0 Å². The Labute approximate surface area is 132 Å². The van der Waals surface area contributed by atoms with Crippen molar-refractivity contribution in [2.24, 2.45) is 0 Å². The Balaban J connectivity index is 2.59. The topological polar surface area (TPSA) is 41.1 Å². The van der Waals surface area contributed by atoms with Gasteiger partial charge in [-0.05, 0) is 44.0 Å². The molecule has 0 aromatic heterocycles. The fraction of sp³-hybridized carbons (Fsp3) is 0.417. The highest BCUT2D eigenvalue weighted by Gasteiger charge is 2.10. The van der Waals surface area contributed by atoms with Gasteiger partial charge in [0.2, 0.25) is 5.91 Å². The highest BCUT2D eigenvalue weighted by molar-refractivity contribution is 9.11. The maximum atomic E-state index is 11.8. The normalized spacial score (nSPS) is 10.8. The van der Waals surface area contributed by atoms with Crippen molar-refractivity contribution >= 4 is 59.4 Å². The molecule has 0 heterocycles. The van der Waals surface area contributed by atoms with Crippen molar-refractivity contribution in [2.75, 3.05) is 11.9 Å². The van der Waals surface area contributed by atoms with Gasteiger partial charge in [0, 0.05) is 32.4 Å². The summed E-state index contributed by atoms with van der Waals surface area (Å²) in [4.78, 5) is 11.8. The van der Waals surface area contributed by atoms with Crippen LogP contribution in [0.25, 0.3) is 0 Å². The highest BCUT2D eigenvalue weighted by atomic mass is 79.9. The number of rotatable bonds is 5. The molecule has 100 valence electrons. The molecule has 0 fully saturated rings. The monoisotopic (exact) mass is 440 g/mol. The molecule has 0 atom stereocenters. The van der Waals surface area contributed by atoms with Gasteiger partial charge in [-0.2, -0.15) is 0 Å². The molecule has 2 N–H and O–H groups in total. The molecule has 0 unspecified atom stereocenters. The molecule has 0 saturated heterocycles. The molecule has 0 saturated carbocycles. The number of hydrogen-bond donors (Lipinski definition) is 2. The van der Waals surface area contributed by atoms with Crippen LogP contribution in [0.15, 0.2) is 25.6 Å². The lowest BCUT2D eigenvalue weighted by molar-refractivity contribution is -0.116. The van der Waals surface area contributed by atoms with Crippen LogP contribution in [-0.4, -0.2) is 18.5 Å². The summed E-state index contributed by atoms with van der Waals surface area (Å²) in [5.41, 5.74) is 0.757. The van der Waals surface area contributed by atoms with Crippen molar-refractivity contribution in [1.82, 2.24) is 5.32 Å². The molecule has 1 amide bonds. The van der Waals surface area contributed by atoms with Gasteiger partial charge in [-0.25, -0.2) is 0 Å². The molecular weight excluding hydrogens is 428 g/mol. The van der Waals surface area contributed by atoms with Crippen molar-refractivity contribution in [3.05, 3.63) is 25.6 Å².